The van der Waals surface area contributed by atoms with Crippen molar-refractivity contribution in [2.75, 3.05) is 7.11 Å². The smallest absolute Gasteiger partial charge is 0.252 e. The lowest BCUT2D eigenvalue weighted by Crippen LogP contribution is -2.50. The molecule has 0 spiro atoms. The predicted molar refractivity (Wildman–Crippen MR) is 147 cm³/mol. The van der Waals surface area contributed by atoms with Crippen LogP contribution in [-0.4, -0.2) is 53.5 Å². The quantitative estimate of drug-likeness (QED) is 0.351. The van der Waals surface area contributed by atoms with Gasteiger partial charge in [-0.3, -0.25) is 9.89 Å². The Morgan fingerprint density at radius 2 is 1.95 bits per heavy atom. The number of amides is 1. The molecule has 204 valence electrons. The fourth-order valence-electron chi connectivity index (χ4n) is 5.29. The molecule has 5 rings (SSSR count). The maximum Gasteiger partial charge on any atom is 0.252 e. The highest BCUT2D eigenvalue weighted by molar-refractivity contribution is 5.85. The molecular weight excluding hydrogens is 492 g/mol. The standard InChI is InChI=1S/C29H36N8O2/c1-18-15-31-37(17-18)26-7-6-23(16-30-26)21(4)33-28(38)29(39-5)10-8-22(9-11-29)27-32-19(2)12-24(34-27)14-25-13-20(3)35-36-25/h6-7,12-13,15-17,21-22H,8-11,14H2,1-5H3,(H,33,38)(H,35,36)/t21-,22?,29?/m0/s1. The van der Waals surface area contributed by atoms with Crippen LogP contribution in [0.1, 0.15) is 84.3 Å². The van der Waals surface area contributed by atoms with Crippen molar-refractivity contribution in [1.29, 1.82) is 0 Å². The third-order valence-corrected chi connectivity index (χ3v) is 7.57. The average molecular weight is 529 g/mol. The number of hydrogen-bond acceptors (Lipinski definition) is 7. The summed E-state index contributed by atoms with van der Waals surface area (Å²) < 4.78 is 7.61. The molecule has 0 bridgehead atoms. The van der Waals surface area contributed by atoms with Crippen molar-refractivity contribution < 1.29 is 9.53 Å². The van der Waals surface area contributed by atoms with Crippen LogP contribution < -0.4 is 5.32 Å². The van der Waals surface area contributed by atoms with Crippen molar-refractivity contribution in [2.45, 2.75) is 77.4 Å². The molecule has 0 radical (unpaired) electrons. The van der Waals surface area contributed by atoms with Crippen LogP contribution in [0.2, 0.25) is 0 Å². The summed E-state index contributed by atoms with van der Waals surface area (Å²) in [5.74, 6) is 1.66. The molecule has 1 aliphatic rings. The van der Waals surface area contributed by atoms with Crippen molar-refractivity contribution in [3.63, 3.8) is 0 Å². The van der Waals surface area contributed by atoms with Crippen LogP contribution in [0.3, 0.4) is 0 Å². The van der Waals surface area contributed by atoms with Crippen LogP contribution in [0, 0.1) is 20.8 Å². The molecule has 1 saturated carbocycles. The first-order valence-corrected chi connectivity index (χ1v) is 13.4. The minimum absolute atomic E-state index is 0.0949. The molecule has 1 fully saturated rings. The van der Waals surface area contributed by atoms with E-state index < -0.39 is 5.60 Å². The van der Waals surface area contributed by atoms with E-state index in [1.807, 2.05) is 58.2 Å². The summed E-state index contributed by atoms with van der Waals surface area (Å²) in [4.78, 5) is 27.6. The van der Waals surface area contributed by atoms with Crippen LogP contribution >= 0.6 is 0 Å². The van der Waals surface area contributed by atoms with E-state index in [4.69, 9.17) is 14.7 Å². The Kier molecular flexibility index (Phi) is 7.56. The number of H-pyrrole nitrogens is 1. The van der Waals surface area contributed by atoms with Gasteiger partial charge in [-0.25, -0.2) is 19.6 Å². The van der Waals surface area contributed by atoms with Gasteiger partial charge in [-0.15, -0.1) is 0 Å². The number of methoxy groups -OCH3 is 1. The van der Waals surface area contributed by atoms with E-state index in [2.05, 4.69) is 25.6 Å². The largest absolute Gasteiger partial charge is 0.368 e. The second kappa shape index (κ2) is 11.1. The molecule has 4 heterocycles. The van der Waals surface area contributed by atoms with Gasteiger partial charge in [0.25, 0.3) is 5.91 Å². The van der Waals surface area contributed by atoms with Crippen molar-refractivity contribution in [1.82, 2.24) is 40.2 Å². The van der Waals surface area contributed by atoms with E-state index in [0.29, 0.717) is 19.3 Å². The molecule has 4 aromatic heterocycles. The number of hydrogen-bond donors (Lipinski definition) is 2. The summed E-state index contributed by atoms with van der Waals surface area (Å²) in [6, 6.07) is 7.72. The lowest BCUT2D eigenvalue weighted by molar-refractivity contribution is -0.148. The van der Waals surface area contributed by atoms with Gasteiger partial charge in [0.05, 0.1) is 23.6 Å². The highest BCUT2D eigenvalue weighted by Crippen LogP contribution is 2.39. The van der Waals surface area contributed by atoms with Crippen LogP contribution in [0.4, 0.5) is 0 Å². The number of rotatable bonds is 8. The van der Waals surface area contributed by atoms with Crippen LogP contribution in [0.15, 0.2) is 42.9 Å². The minimum Gasteiger partial charge on any atom is -0.368 e. The molecule has 4 aromatic rings. The van der Waals surface area contributed by atoms with E-state index in [-0.39, 0.29) is 17.9 Å². The second-order valence-electron chi connectivity index (χ2n) is 10.7. The summed E-state index contributed by atoms with van der Waals surface area (Å²) in [5.41, 5.74) is 5.02. The van der Waals surface area contributed by atoms with Gasteiger partial charge in [-0.05, 0) is 82.7 Å². The van der Waals surface area contributed by atoms with Crippen molar-refractivity contribution in [2.24, 2.45) is 0 Å². The first-order valence-electron chi connectivity index (χ1n) is 13.4. The minimum atomic E-state index is -0.871. The molecule has 0 aromatic carbocycles. The lowest BCUT2D eigenvalue weighted by atomic mass is 9.77. The van der Waals surface area contributed by atoms with E-state index in [0.717, 1.165) is 58.4 Å². The molecule has 39 heavy (non-hydrogen) atoms. The number of aromatic nitrogens is 7. The lowest BCUT2D eigenvalue weighted by Gasteiger charge is -2.38. The monoisotopic (exact) mass is 528 g/mol. The molecule has 0 aliphatic heterocycles. The SMILES string of the molecule is COC1(C(=O)N[C@@H](C)c2ccc(-n3cc(C)cn3)nc2)CCC(c2nc(C)cc(Cc3cc(C)[nH]n3)n2)CC1. The third kappa shape index (κ3) is 5.90. The van der Waals surface area contributed by atoms with Gasteiger partial charge in [-0.2, -0.15) is 10.2 Å². The first-order chi connectivity index (χ1) is 18.7. The maximum absolute atomic E-state index is 13.5. The Hall–Kier alpha value is -3.92. The maximum atomic E-state index is 13.5. The number of aryl methyl sites for hydroxylation is 3. The van der Waals surface area contributed by atoms with Gasteiger partial charge in [-0.1, -0.05) is 6.07 Å². The van der Waals surface area contributed by atoms with Gasteiger partial charge in [0.1, 0.15) is 11.4 Å². The highest BCUT2D eigenvalue weighted by Gasteiger charge is 2.43. The molecule has 1 aliphatic carbocycles. The normalized spacial score (nSPS) is 20.1. The van der Waals surface area contributed by atoms with E-state index in [1.165, 1.54) is 0 Å². The van der Waals surface area contributed by atoms with Crippen molar-refractivity contribution in [3.8, 4) is 5.82 Å². The number of carbonyl (C=O) groups excluding carboxylic acids is 1. The zero-order valence-corrected chi connectivity index (χ0v) is 23.2. The van der Waals surface area contributed by atoms with Crippen LogP contribution in [0.25, 0.3) is 5.82 Å². The summed E-state index contributed by atoms with van der Waals surface area (Å²) in [6.45, 7) is 7.94. The number of nitrogens with zero attached hydrogens (tertiary/aromatic N) is 6. The molecule has 0 saturated heterocycles. The van der Waals surface area contributed by atoms with Gasteiger partial charge in [0.2, 0.25) is 0 Å². The fraction of sp³-hybridized carbons (Fsp3) is 0.448. The Morgan fingerprint density at radius 1 is 1.15 bits per heavy atom. The average Bonchev–Trinajstić information content (AvgIpc) is 3.55. The second-order valence-corrected chi connectivity index (χ2v) is 10.7. The van der Waals surface area contributed by atoms with Crippen molar-refractivity contribution in [3.05, 3.63) is 82.6 Å². The zero-order valence-electron chi connectivity index (χ0n) is 23.2. The van der Waals surface area contributed by atoms with E-state index in [1.54, 1.807) is 24.2 Å². The number of ether oxygens (including phenoxy) is 1. The molecule has 10 nitrogen and oxygen atoms in total. The molecule has 1 amide bonds. The first kappa shape index (κ1) is 26.7. The van der Waals surface area contributed by atoms with Crippen LogP contribution in [-0.2, 0) is 16.0 Å². The van der Waals surface area contributed by atoms with Gasteiger partial charge in [0.15, 0.2) is 5.82 Å². The molecule has 1 atom stereocenters. The highest BCUT2D eigenvalue weighted by atomic mass is 16.5. The number of nitrogens with one attached hydrogen (secondary N) is 2. The predicted octanol–water partition coefficient (Wildman–Crippen LogP) is 4.22. The number of aromatic amines is 1. The topological polar surface area (TPSA) is 124 Å². The Bertz CT molecular complexity index is 1430. The molecular formula is C29H36N8O2. The Balaban J connectivity index is 1.22. The summed E-state index contributed by atoms with van der Waals surface area (Å²) >= 11 is 0. The van der Waals surface area contributed by atoms with E-state index >= 15 is 0 Å². The zero-order chi connectivity index (χ0) is 27.6. The summed E-state index contributed by atoms with van der Waals surface area (Å²) in [5, 5.41) is 14.8. The summed E-state index contributed by atoms with van der Waals surface area (Å²) in [7, 11) is 1.63. The van der Waals surface area contributed by atoms with Crippen molar-refractivity contribution >= 4 is 5.91 Å². The Morgan fingerprint density at radius 3 is 2.56 bits per heavy atom. The van der Waals surface area contributed by atoms with Gasteiger partial charge < -0.3 is 10.1 Å². The number of pyridine rings is 1. The van der Waals surface area contributed by atoms with Crippen LogP contribution in [0.5, 0.6) is 0 Å². The summed E-state index contributed by atoms with van der Waals surface area (Å²) in [6.07, 6.45) is 8.93. The molecule has 2 N–H and O–H groups in total. The molecule has 0 unspecified atom stereocenters. The van der Waals surface area contributed by atoms with E-state index in [9.17, 15) is 4.79 Å². The number of carbonyl (C=O) groups is 1. The fourth-order valence-corrected chi connectivity index (χ4v) is 5.29. The van der Waals surface area contributed by atoms with Gasteiger partial charge in [0, 0.05) is 43.2 Å². The Labute approximate surface area is 228 Å². The molecule has 10 heteroatoms. The third-order valence-electron chi connectivity index (χ3n) is 7.57. The van der Waals surface area contributed by atoms with Gasteiger partial charge >= 0.3 is 0 Å².